The van der Waals surface area contributed by atoms with E-state index in [2.05, 4.69) is 5.10 Å². The number of amides is 1. The van der Waals surface area contributed by atoms with E-state index >= 15 is 0 Å². The first-order valence-electron chi connectivity index (χ1n) is 5.71. The van der Waals surface area contributed by atoms with E-state index < -0.39 is 0 Å². The summed E-state index contributed by atoms with van der Waals surface area (Å²) in [6, 6.07) is 1.97. The van der Waals surface area contributed by atoms with Crippen molar-refractivity contribution in [3.8, 4) is 0 Å². The van der Waals surface area contributed by atoms with Crippen LogP contribution in [0.3, 0.4) is 0 Å². The molecule has 2 rings (SSSR count). The van der Waals surface area contributed by atoms with Crippen molar-refractivity contribution in [1.29, 1.82) is 0 Å². The Labute approximate surface area is 95.2 Å². The Morgan fingerprint density at radius 2 is 2.44 bits per heavy atom. The van der Waals surface area contributed by atoms with Gasteiger partial charge in [0.25, 0.3) is 5.91 Å². The lowest BCUT2D eigenvalue weighted by molar-refractivity contribution is 0.0778. The van der Waals surface area contributed by atoms with Crippen LogP contribution >= 0.6 is 0 Å². The van der Waals surface area contributed by atoms with Crippen molar-refractivity contribution < 1.29 is 4.79 Å². The number of aromatic nitrogens is 2. The quantitative estimate of drug-likeness (QED) is 0.787. The molecule has 5 nitrogen and oxygen atoms in total. The van der Waals surface area contributed by atoms with Gasteiger partial charge in [-0.1, -0.05) is 0 Å². The Kier molecular flexibility index (Phi) is 2.96. The summed E-state index contributed by atoms with van der Waals surface area (Å²) in [6.07, 6.45) is 0.894. The molecule has 1 saturated heterocycles. The molecule has 1 amide bonds. The van der Waals surface area contributed by atoms with Crippen LogP contribution in [0.4, 0.5) is 0 Å². The number of hydrogen-bond donors (Lipinski definition) is 1. The SMILES string of the molecule is CCn1nc(C)cc1C(=O)N1CC[C@@H](N)C1. The normalized spacial score (nSPS) is 20.4. The largest absolute Gasteiger partial charge is 0.336 e. The number of likely N-dealkylation sites (tertiary alicyclic amines) is 1. The van der Waals surface area contributed by atoms with Crippen LogP contribution in [0.2, 0.25) is 0 Å². The monoisotopic (exact) mass is 222 g/mol. The van der Waals surface area contributed by atoms with Gasteiger partial charge in [-0.2, -0.15) is 5.10 Å². The van der Waals surface area contributed by atoms with Crippen LogP contribution < -0.4 is 5.73 Å². The van der Waals surface area contributed by atoms with Gasteiger partial charge < -0.3 is 10.6 Å². The number of carbonyl (C=O) groups is 1. The number of rotatable bonds is 2. The fourth-order valence-corrected chi connectivity index (χ4v) is 2.09. The Balaban J connectivity index is 2.20. The number of nitrogens with two attached hydrogens (primary N) is 1. The summed E-state index contributed by atoms with van der Waals surface area (Å²) in [5.41, 5.74) is 7.36. The van der Waals surface area contributed by atoms with Crippen LogP contribution in [-0.4, -0.2) is 39.7 Å². The number of carbonyl (C=O) groups excluding carboxylic acids is 1. The minimum atomic E-state index is 0.0513. The third kappa shape index (κ3) is 1.95. The average Bonchev–Trinajstić information content (AvgIpc) is 2.83. The second kappa shape index (κ2) is 4.25. The van der Waals surface area contributed by atoms with Crippen LogP contribution in [0.25, 0.3) is 0 Å². The lowest BCUT2D eigenvalue weighted by atomic mass is 10.3. The van der Waals surface area contributed by atoms with Gasteiger partial charge in [0.1, 0.15) is 5.69 Å². The molecular weight excluding hydrogens is 204 g/mol. The van der Waals surface area contributed by atoms with Crippen LogP contribution in [0.1, 0.15) is 29.5 Å². The minimum Gasteiger partial charge on any atom is -0.336 e. The molecule has 88 valence electrons. The highest BCUT2D eigenvalue weighted by Crippen LogP contribution is 2.13. The molecule has 5 heteroatoms. The zero-order chi connectivity index (χ0) is 11.7. The second-order valence-corrected chi connectivity index (χ2v) is 4.29. The van der Waals surface area contributed by atoms with E-state index in [1.165, 1.54) is 0 Å². The smallest absolute Gasteiger partial charge is 0.272 e. The molecule has 0 radical (unpaired) electrons. The third-order valence-electron chi connectivity index (χ3n) is 2.93. The van der Waals surface area contributed by atoms with E-state index in [9.17, 15) is 4.79 Å². The maximum atomic E-state index is 12.2. The predicted octanol–water partition coefficient (Wildman–Crippen LogP) is 0.385. The van der Waals surface area contributed by atoms with Gasteiger partial charge in [0.05, 0.1) is 5.69 Å². The minimum absolute atomic E-state index is 0.0513. The highest BCUT2D eigenvalue weighted by Gasteiger charge is 2.26. The van der Waals surface area contributed by atoms with Gasteiger partial charge in [0.2, 0.25) is 0 Å². The molecule has 16 heavy (non-hydrogen) atoms. The molecule has 1 aromatic rings. The van der Waals surface area contributed by atoms with Crippen molar-refractivity contribution in [2.45, 2.75) is 32.9 Å². The maximum Gasteiger partial charge on any atom is 0.272 e. The average molecular weight is 222 g/mol. The fraction of sp³-hybridized carbons (Fsp3) is 0.636. The Morgan fingerprint density at radius 1 is 1.69 bits per heavy atom. The topological polar surface area (TPSA) is 64.2 Å². The summed E-state index contributed by atoms with van der Waals surface area (Å²) in [6.45, 7) is 6.02. The molecule has 1 aromatic heterocycles. The van der Waals surface area contributed by atoms with E-state index in [1.807, 2.05) is 24.8 Å². The molecular formula is C11H18N4O. The molecule has 2 heterocycles. The van der Waals surface area contributed by atoms with Crippen molar-refractivity contribution >= 4 is 5.91 Å². The van der Waals surface area contributed by atoms with Gasteiger partial charge >= 0.3 is 0 Å². The molecule has 1 aliphatic heterocycles. The van der Waals surface area contributed by atoms with Crippen molar-refractivity contribution in [2.75, 3.05) is 13.1 Å². The predicted molar refractivity (Wildman–Crippen MR) is 61.1 cm³/mol. The summed E-state index contributed by atoms with van der Waals surface area (Å²) < 4.78 is 1.75. The summed E-state index contributed by atoms with van der Waals surface area (Å²) >= 11 is 0. The highest BCUT2D eigenvalue weighted by atomic mass is 16.2. The molecule has 1 atom stereocenters. The van der Waals surface area contributed by atoms with Crippen LogP contribution in [0.15, 0.2) is 6.07 Å². The zero-order valence-corrected chi connectivity index (χ0v) is 9.81. The van der Waals surface area contributed by atoms with Crippen LogP contribution in [0.5, 0.6) is 0 Å². The van der Waals surface area contributed by atoms with Crippen molar-refractivity contribution in [3.05, 3.63) is 17.5 Å². The number of nitrogens with zero attached hydrogens (tertiary/aromatic N) is 3. The van der Waals surface area contributed by atoms with E-state index in [1.54, 1.807) is 4.68 Å². The lowest BCUT2D eigenvalue weighted by Gasteiger charge is -2.15. The van der Waals surface area contributed by atoms with Crippen LogP contribution in [-0.2, 0) is 6.54 Å². The Hall–Kier alpha value is -1.36. The molecule has 0 aliphatic carbocycles. The molecule has 0 bridgehead atoms. The van der Waals surface area contributed by atoms with E-state index in [4.69, 9.17) is 5.73 Å². The first-order valence-corrected chi connectivity index (χ1v) is 5.71. The summed E-state index contributed by atoms with van der Waals surface area (Å²) in [7, 11) is 0. The van der Waals surface area contributed by atoms with Gasteiger partial charge in [0.15, 0.2) is 0 Å². The first-order chi connectivity index (χ1) is 7.61. The third-order valence-corrected chi connectivity index (χ3v) is 2.93. The molecule has 0 unspecified atom stereocenters. The molecule has 2 N–H and O–H groups in total. The fourth-order valence-electron chi connectivity index (χ4n) is 2.09. The van der Waals surface area contributed by atoms with E-state index in [0.717, 1.165) is 25.2 Å². The van der Waals surface area contributed by atoms with E-state index in [-0.39, 0.29) is 11.9 Å². The van der Waals surface area contributed by atoms with E-state index in [0.29, 0.717) is 12.2 Å². The van der Waals surface area contributed by atoms with Crippen LogP contribution in [0, 0.1) is 6.92 Å². The second-order valence-electron chi connectivity index (χ2n) is 4.29. The maximum absolute atomic E-state index is 12.2. The summed E-state index contributed by atoms with van der Waals surface area (Å²) in [4.78, 5) is 14.0. The number of hydrogen-bond acceptors (Lipinski definition) is 3. The van der Waals surface area contributed by atoms with Gasteiger partial charge in [-0.3, -0.25) is 9.48 Å². The Bertz CT molecular complexity index is 399. The highest BCUT2D eigenvalue weighted by molar-refractivity contribution is 5.93. The zero-order valence-electron chi connectivity index (χ0n) is 9.81. The van der Waals surface area contributed by atoms with Gasteiger partial charge in [-0.15, -0.1) is 0 Å². The van der Waals surface area contributed by atoms with Gasteiger partial charge in [0, 0.05) is 25.7 Å². The molecule has 0 aromatic carbocycles. The standard InChI is InChI=1S/C11H18N4O/c1-3-15-10(6-8(2)13-15)11(16)14-5-4-9(12)7-14/h6,9H,3-5,7,12H2,1-2H3/t9-/m1/s1. The van der Waals surface area contributed by atoms with Crippen molar-refractivity contribution in [1.82, 2.24) is 14.7 Å². The number of aryl methyl sites for hydroxylation is 2. The molecule has 0 spiro atoms. The summed E-state index contributed by atoms with van der Waals surface area (Å²) in [5, 5.41) is 4.28. The van der Waals surface area contributed by atoms with Crippen molar-refractivity contribution in [3.63, 3.8) is 0 Å². The van der Waals surface area contributed by atoms with Crippen molar-refractivity contribution in [2.24, 2.45) is 5.73 Å². The Morgan fingerprint density at radius 3 is 3.00 bits per heavy atom. The van der Waals surface area contributed by atoms with Gasteiger partial charge in [-0.05, 0) is 26.3 Å². The molecule has 1 fully saturated rings. The first kappa shape index (κ1) is 11.1. The molecule has 0 saturated carbocycles. The molecule has 1 aliphatic rings. The van der Waals surface area contributed by atoms with Gasteiger partial charge in [-0.25, -0.2) is 0 Å². The lowest BCUT2D eigenvalue weighted by Crippen LogP contribution is -2.33. The summed E-state index contributed by atoms with van der Waals surface area (Å²) in [5.74, 6) is 0.0513.